The van der Waals surface area contributed by atoms with Gasteiger partial charge < -0.3 is 10.1 Å². The van der Waals surface area contributed by atoms with E-state index >= 15 is 0 Å². The van der Waals surface area contributed by atoms with E-state index in [0.29, 0.717) is 16.7 Å². The van der Waals surface area contributed by atoms with Crippen molar-refractivity contribution >= 4 is 23.2 Å². The maximum absolute atomic E-state index is 6.18. The number of halogens is 2. The molecule has 1 N–H and O–H groups in total. The molecule has 2 aromatic carbocycles. The van der Waals surface area contributed by atoms with Crippen molar-refractivity contribution in [1.82, 2.24) is 5.32 Å². The van der Waals surface area contributed by atoms with Crippen LogP contribution in [0.5, 0.6) is 0 Å². The highest BCUT2D eigenvalue weighted by Gasteiger charge is 2.26. The summed E-state index contributed by atoms with van der Waals surface area (Å²) in [6.45, 7) is 1.72. The van der Waals surface area contributed by atoms with Crippen molar-refractivity contribution in [3.05, 3.63) is 69.7 Å². The van der Waals surface area contributed by atoms with Crippen LogP contribution in [0.4, 0.5) is 0 Å². The van der Waals surface area contributed by atoms with Gasteiger partial charge in [0.25, 0.3) is 0 Å². The number of benzene rings is 2. The van der Waals surface area contributed by atoms with Crippen molar-refractivity contribution in [1.29, 1.82) is 0 Å². The lowest BCUT2D eigenvalue weighted by Gasteiger charge is -2.33. The highest BCUT2D eigenvalue weighted by atomic mass is 35.5. The molecule has 1 aliphatic heterocycles. The molecule has 2 aromatic rings. The van der Waals surface area contributed by atoms with Crippen LogP contribution in [0.2, 0.25) is 10.0 Å². The van der Waals surface area contributed by atoms with Crippen LogP contribution in [0.15, 0.2) is 48.5 Å². The van der Waals surface area contributed by atoms with Crippen molar-refractivity contribution in [3.63, 3.8) is 0 Å². The van der Waals surface area contributed by atoms with E-state index in [1.54, 1.807) is 6.07 Å². The lowest BCUT2D eigenvalue weighted by Crippen LogP contribution is -2.39. The van der Waals surface area contributed by atoms with Crippen molar-refractivity contribution in [2.24, 2.45) is 0 Å². The molecule has 2 nitrogen and oxygen atoms in total. The Morgan fingerprint density at radius 1 is 1.04 bits per heavy atom. The fourth-order valence-electron chi connectivity index (χ4n) is 3.11. The number of rotatable bonds is 5. The summed E-state index contributed by atoms with van der Waals surface area (Å²) in [7, 11) is 0. The van der Waals surface area contributed by atoms with Gasteiger partial charge in [0.1, 0.15) is 0 Å². The SMILES string of the molecule is Clc1cc(Cl)cc(CCOC2CCCN[C@H]2c2ccccc2)c1. The predicted molar refractivity (Wildman–Crippen MR) is 96.3 cm³/mol. The van der Waals surface area contributed by atoms with Gasteiger partial charge in [0.15, 0.2) is 0 Å². The molecule has 1 aliphatic rings. The molecule has 122 valence electrons. The van der Waals surface area contributed by atoms with Crippen molar-refractivity contribution < 1.29 is 4.74 Å². The second-order valence-electron chi connectivity index (χ2n) is 5.92. The second-order valence-corrected chi connectivity index (χ2v) is 6.79. The Kier molecular flexibility index (Phi) is 5.96. The van der Waals surface area contributed by atoms with Gasteiger partial charge in [-0.2, -0.15) is 0 Å². The van der Waals surface area contributed by atoms with Crippen molar-refractivity contribution in [2.75, 3.05) is 13.2 Å². The molecular formula is C19H21Cl2NO. The van der Waals surface area contributed by atoms with Crippen molar-refractivity contribution in [2.45, 2.75) is 31.4 Å². The van der Waals surface area contributed by atoms with E-state index in [0.717, 1.165) is 31.4 Å². The minimum atomic E-state index is 0.209. The quantitative estimate of drug-likeness (QED) is 0.815. The van der Waals surface area contributed by atoms with Crippen LogP contribution in [0.3, 0.4) is 0 Å². The monoisotopic (exact) mass is 349 g/mol. The van der Waals surface area contributed by atoms with E-state index < -0.39 is 0 Å². The third-order valence-electron chi connectivity index (χ3n) is 4.21. The van der Waals surface area contributed by atoms with Gasteiger partial charge in [-0.25, -0.2) is 0 Å². The molecule has 1 unspecified atom stereocenters. The molecule has 0 aromatic heterocycles. The number of piperidine rings is 1. The van der Waals surface area contributed by atoms with Crippen LogP contribution < -0.4 is 5.32 Å². The maximum atomic E-state index is 6.18. The van der Waals surface area contributed by atoms with Gasteiger partial charge in [-0.1, -0.05) is 53.5 Å². The molecular weight excluding hydrogens is 329 g/mol. The van der Waals surface area contributed by atoms with Gasteiger partial charge in [0.05, 0.1) is 18.8 Å². The summed E-state index contributed by atoms with van der Waals surface area (Å²) in [5.41, 5.74) is 2.41. The summed E-state index contributed by atoms with van der Waals surface area (Å²) in [5.74, 6) is 0. The van der Waals surface area contributed by atoms with E-state index in [9.17, 15) is 0 Å². The van der Waals surface area contributed by atoms with Gasteiger partial charge in [-0.3, -0.25) is 0 Å². The first-order valence-electron chi connectivity index (χ1n) is 8.07. The van der Waals surface area contributed by atoms with E-state index in [1.807, 2.05) is 18.2 Å². The van der Waals surface area contributed by atoms with Crippen LogP contribution >= 0.6 is 23.2 Å². The first-order chi connectivity index (χ1) is 11.2. The topological polar surface area (TPSA) is 21.3 Å². The average Bonchev–Trinajstić information content (AvgIpc) is 2.55. The lowest BCUT2D eigenvalue weighted by atomic mass is 9.94. The molecule has 0 amide bonds. The Morgan fingerprint density at radius 3 is 2.52 bits per heavy atom. The minimum Gasteiger partial charge on any atom is -0.376 e. The molecule has 1 saturated heterocycles. The molecule has 1 heterocycles. The number of hydrogen-bond acceptors (Lipinski definition) is 2. The van der Waals surface area contributed by atoms with Gasteiger partial charge in [-0.05, 0) is 55.1 Å². The van der Waals surface area contributed by atoms with Crippen LogP contribution in [-0.2, 0) is 11.2 Å². The number of ether oxygens (including phenoxy) is 1. The lowest BCUT2D eigenvalue weighted by molar-refractivity contribution is 0.00895. The van der Waals surface area contributed by atoms with E-state index in [2.05, 4.69) is 29.6 Å². The number of nitrogens with one attached hydrogen (secondary N) is 1. The molecule has 3 rings (SSSR count). The Bertz CT molecular complexity index is 612. The van der Waals surface area contributed by atoms with Gasteiger partial charge in [-0.15, -0.1) is 0 Å². The Balaban J connectivity index is 1.59. The summed E-state index contributed by atoms with van der Waals surface area (Å²) in [4.78, 5) is 0. The zero-order valence-electron chi connectivity index (χ0n) is 13.0. The fourth-order valence-corrected chi connectivity index (χ4v) is 3.69. The zero-order valence-corrected chi connectivity index (χ0v) is 14.5. The van der Waals surface area contributed by atoms with E-state index in [4.69, 9.17) is 27.9 Å². The summed E-state index contributed by atoms with van der Waals surface area (Å²) in [6, 6.07) is 16.5. The summed E-state index contributed by atoms with van der Waals surface area (Å²) < 4.78 is 6.18. The van der Waals surface area contributed by atoms with Crippen LogP contribution in [0.25, 0.3) is 0 Å². The largest absolute Gasteiger partial charge is 0.376 e. The number of hydrogen-bond donors (Lipinski definition) is 1. The first kappa shape index (κ1) is 16.8. The van der Waals surface area contributed by atoms with E-state index in [1.165, 1.54) is 5.56 Å². The molecule has 2 atom stereocenters. The average molecular weight is 350 g/mol. The second kappa shape index (κ2) is 8.16. The third-order valence-corrected chi connectivity index (χ3v) is 4.64. The molecule has 0 spiro atoms. The van der Waals surface area contributed by atoms with Crippen LogP contribution in [0, 0.1) is 0 Å². The molecule has 4 heteroatoms. The van der Waals surface area contributed by atoms with Gasteiger partial charge in [0.2, 0.25) is 0 Å². The normalized spacial score (nSPS) is 21.3. The summed E-state index contributed by atoms with van der Waals surface area (Å²) in [6.07, 6.45) is 3.26. The molecule has 0 radical (unpaired) electrons. The summed E-state index contributed by atoms with van der Waals surface area (Å²) >= 11 is 12.1. The zero-order chi connectivity index (χ0) is 16.1. The first-order valence-corrected chi connectivity index (χ1v) is 8.83. The highest BCUT2D eigenvalue weighted by Crippen LogP contribution is 2.26. The standard InChI is InChI=1S/C19H21Cl2NO/c20-16-11-14(12-17(21)13-16)8-10-23-18-7-4-9-22-19(18)15-5-2-1-3-6-15/h1-3,5-6,11-13,18-19,22H,4,7-10H2/t18?,19-/m0/s1. The van der Waals surface area contributed by atoms with Gasteiger partial charge >= 0.3 is 0 Å². The van der Waals surface area contributed by atoms with Crippen LogP contribution in [0.1, 0.15) is 30.0 Å². The Hall–Kier alpha value is -1.06. The molecule has 0 saturated carbocycles. The van der Waals surface area contributed by atoms with Gasteiger partial charge in [0, 0.05) is 10.0 Å². The minimum absolute atomic E-state index is 0.209. The fraction of sp³-hybridized carbons (Fsp3) is 0.368. The van der Waals surface area contributed by atoms with Crippen molar-refractivity contribution in [3.8, 4) is 0 Å². The Labute approximate surface area is 147 Å². The maximum Gasteiger partial charge on any atom is 0.0770 e. The highest BCUT2D eigenvalue weighted by molar-refractivity contribution is 6.34. The molecule has 1 fully saturated rings. The van der Waals surface area contributed by atoms with Crippen LogP contribution in [-0.4, -0.2) is 19.3 Å². The third kappa shape index (κ3) is 4.71. The van der Waals surface area contributed by atoms with E-state index in [-0.39, 0.29) is 12.1 Å². The smallest absolute Gasteiger partial charge is 0.0770 e. The summed E-state index contributed by atoms with van der Waals surface area (Å²) in [5, 5.41) is 4.94. The Morgan fingerprint density at radius 2 is 1.78 bits per heavy atom. The molecule has 0 bridgehead atoms. The predicted octanol–water partition coefficient (Wildman–Crippen LogP) is 5.05. The molecule has 0 aliphatic carbocycles. The molecule has 23 heavy (non-hydrogen) atoms.